The van der Waals surface area contributed by atoms with Crippen molar-refractivity contribution in [1.29, 1.82) is 0 Å². The lowest BCUT2D eigenvalue weighted by molar-refractivity contribution is 0.356. The van der Waals surface area contributed by atoms with Gasteiger partial charge in [0.1, 0.15) is 18.1 Å². The van der Waals surface area contributed by atoms with Crippen molar-refractivity contribution in [2.24, 2.45) is 0 Å². The Morgan fingerprint density at radius 2 is 2.36 bits per heavy atom. The van der Waals surface area contributed by atoms with E-state index >= 15 is 0 Å². The van der Waals surface area contributed by atoms with Crippen LogP contribution in [-0.2, 0) is 0 Å². The number of alkyl halides is 1. The number of phenolic OH excluding ortho intramolecular Hbond substituents is 1. The van der Waals surface area contributed by atoms with Crippen LogP contribution in [0.2, 0.25) is 0 Å². The normalized spacial score (nSPS) is 21.0. The maximum atomic E-state index is 9.39. The zero-order chi connectivity index (χ0) is 7.84. The van der Waals surface area contributed by atoms with Gasteiger partial charge in [0.15, 0.2) is 0 Å². The molecule has 0 saturated heterocycles. The van der Waals surface area contributed by atoms with E-state index < -0.39 is 0 Å². The smallest absolute Gasteiger partial charge is 0.127 e. The van der Waals surface area contributed by atoms with Gasteiger partial charge in [-0.25, -0.2) is 0 Å². The van der Waals surface area contributed by atoms with E-state index in [9.17, 15) is 5.11 Å². The van der Waals surface area contributed by atoms with E-state index in [2.05, 4.69) is 15.9 Å². The predicted octanol–water partition coefficient (Wildman–Crippen LogP) is 2.22. The minimum atomic E-state index is 0.138. The summed E-state index contributed by atoms with van der Waals surface area (Å²) in [5.74, 6) is 1.09. The molecule has 11 heavy (non-hydrogen) atoms. The number of rotatable bonds is 0. The van der Waals surface area contributed by atoms with E-state index in [4.69, 9.17) is 4.74 Å². The van der Waals surface area contributed by atoms with Crippen LogP contribution in [0.5, 0.6) is 11.5 Å². The molecule has 0 fully saturated rings. The first-order valence-corrected chi connectivity index (χ1v) is 4.29. The van der Waals surface area contributed by atoms with Gasteiger partial charge in [-0.05, 0) is 12.1 Å². The van der Waals surface area contributed by atoms with Crippen LogP contribution in [0.1, 0.15) is 10.4 Å². The Balaban J connectivity index is 2.58. The number of hydrogen-bond donors (Lipinski definition) is 1. The number of phenols is 1. The van der Waals surface area contributed by atoms with E-state index in [0.29, 0.717) is 12.4 Å². The van der Waals surface area contributed by atoms with Crippen molar-refractivity contribution >= 4 is 15.9 Å². The molecule has 1 aliphatic heterocycles. The van der Waals surface area contributed by atoms with E-state index in [1.54, 1.807) is 12.1 Å². The molecule has 1 aromatic rings. The largest absolute Gasteiger partial charge is 0.507 e. The second-order valence-corrected chi connectivity index (χ2v) is 3.57. The molecular weight excluding hydrogens is 208 g/mol. The maximum absolute atomic E-state index is 9.39. The van der Waals surface area contributed by atoms with Crippen LogP contribution in [0.15, 0.2) is 18.2 Å². The fraction of sp³-hybridized carbons (Fsp3) is 0.250. The molecular formula is C8H7BrO2. The van der Waals surface area contributed by atoms with Gasteiger partial charge in [0.2, 0.25) is 0 Å². The number of fused-ring (bicyclic) bond motifs is 1. The summed E-state index contributed by atoms with van der Waals surface area (Å²) < 4.78 is 5.28. The second kappa shape index (κ2) is 2.41. The second-order valence-electron chi connectivity index (χ2n) is 2.47. The molecule has 0 aliphatic carbocycles. The van der Waals surface area contributed by atoms with Crippen LogP contribution >= 0.6 is 15.9 Å². The van der Waals surface area contributed by atoms with Crippen molar-refractivity contribution in [3.05, 3.63) is 23.8 Å². The Labute approximate surface area is 72.9 Å². The van der Waals surface area contributed by atoms with Crippen molar-refractivity contribution in [2.45, 2.75) is 4.83 Å². The molecule has 58 valence electrons. The SMILES string of the molecule is Oc1cccc2c1C(Br)CO2. The first kappa shape index (κ1) is 6.98. The lowest BCUT2D eigenvalue weighted by Crippen LogP contribution is -1.90. The molecule has 0 amide bonds. The van der Waals surface area contributed by atoms with Crippen LogP contribution in [0.4, 0.5) is 0 Å². The van der Waals surface area contributed by atoms with Gasteiger partial charge in [0.25, 0.3) is 0 Å². The van der Waals surface area contributed by atoms with Crippen LogP contribution in [0.25, 0.3) is 0 Å². The van der Waals surface area contributed by atoms with Crippen molar-refractivity contribution in [3.63, 3.8) is 0 Å². The third-order valence-electron chi connectivity index (χ3n) is 1.74. The Morgan fingerprint density at radius 1 is 1.55 bits per heavy atom. The first-order chi connectivity index (χ1) is 5.29. The fourth-order valence-electron chi connectivity index (χ4n) is 1.22. The molecule has 2 nitrogen and oxygen atoms in total. The van der Waals surface area contributed by atoms with Gasteiger partial charge in [-0.15, -0.1) is 0 Å². The van der Waals surface area contributed by atoms with E-state index in [1.807, 2.05) is 6.07 Å². The van der Waals surface area contributed by atoms with Crippen molar-refractivity contribution in [1.82, 2.24) is 0 Å². The summed E-state index contributed by atoms with van der Waals surface area (Å²) in [6.07, 6.45) is 0. The lowest BCUT2D eigenvalue weighted by atomic mass is 10.1. The molecule has 1 heterocycles. The molecule has 0 bridgehead atoms. The van der Waals surface area contributed by atoms with Gasteiger partial charge >= 0.3 is 0 Å². The summed E-state index contributed by atoms with van der Waals surface area (Å²) in [5, 5.41) is 9.39. The quantitative estimate of drug-likeness (QED) is 0.672. The highest BCUT2D eigenvalue weighted by Crippen LogP contribution is 2.42. The summed E-state index contributed by atoms with van der Waals surface area (Å²) in [6, 6.07) is 5.30. The Morgan fingerprint density at radius 3 is 3.09 bits per heavy atom. The van der Waals surface area contributed by atoms with Crippen LogP contribution in [0, 0.1) is 0 Å². The highest BCUT2D eigenvalue weighted by atomic mass is 79.9. The number of halogens is 1. The van der Waals surface area contributed by atoms with E-state index in [-0.39, 0.29) is 4.83 Å². The molecule has 1 aromatic carbocycles. The number of hydrogen-bond acceptors (Lipinski definition) is 2. The summed E-state index contributed by atoms with van der Waals surface area (Å²) in [5.41, 5.74) is 0.868. The Bertz CT molecular complexity index is 285. The average molecular weight is 215 g/mol. The van der Waals surface area contributed by atoms with Crippen molar-refractivity contribution in [2.75, 3.05) is 6.61 Å². The third-order valence-corrected chi connectivity index (χ3v) is 2.46. The predicted molar refractivity (Wildman–Crippen MR) is 45.3 cm³/mol. The average Bonchev–Trinajstić information content (AvgIpc) is 2.34. The standard InChI is InChI=1S/C8H7BrO2/c9-5-4-11-7-3-1-2-6(10)8(5)7/h1-3,5,10H,4H2. The zero-order valence-corrected chi connectivity index (χ0v) is 7.34. The topological polar surface area (TPSA) is 29.5 Å². The van der Waals surface area contributed by atoms with Gasteiger partial charge in [0, 0.05) is 0 Å². The Hall–Kier alpha value is -0.700. The highest BCUT2D eigenvalue weighted by Gasteiger charge is 2.24. The van der Waals surface area contributed by atoms with Gasteiger partial charge in [-0.3, -0.25) is 0 Å². The highest BCUT2D eigenvalue weighted by molar-refractivity contribution is 9.09. The molecule has 0 spiro atoms. The molecule has 0 aromatic heterocycles. The van der Waals surface area contributed by atoms with Gasteiger partial charge in [-0.1, -0.05) is 22.0 Å². The minimum absolute atomic E-state index is 0.138. The molecule has 1 atom stereocenters. The molecule has 0 radical (unpaired) electrons. The summed E-state index contributed by atoms with van der Waals surface area (Å²) >= 11 is 3.40. The maximum Gasteiger partial charge on any atom is 0.127 e. The zero-order valence-electron chi connectivity index (χ0n) is 5.75. The van der Waals surface area contributed by atoms with Crippen molar-refractivity contribution in [3.8, 4) is 11.5 Å². The summed E-state index contributed by atoms with van der Waals surface area (Å²) in [6.45, 7) is 0.604. The van der Waals surface area contributed by atoms with Crippen LogP contribution in [0.3, 0.4) is 0 Å². The van der Waals surface area contributed by atoms with Crippen LogP contribution in [-0.4, -0.2) is 11.7 Å². The first-order valence-electron chi connectivity index (χ1n) is 3.38. The lowest BCUT2D eigenvalue weighted by Gasteiger charge is -2.00. The number of ether oxygens (including phenoxy) is 1. The molecule has 0 saturated carbocycles. The van der Waals surface area contributed by atoms with Gasteiger partial charge in [-0.2, -0.15) is 0 Å². The van der Waals surface area contributed by atoms with E-state index in [0.717, 1.165) is 11.3 Å². The summed E-state index contributed by atoms with van der Waals surface area (Å²) in [4.78, 5) is 0.138. The fourth-order valence-corrected chi connectivity index (χ4v) is 1.81. The summed E-state index contributed by atoms with van der Waals surface area (Å²) in [7, 11) is 0. The van der Waals surface area contributed by atoms with E-state index in [1.165, 1.54) is 0 Å². The molecule has 2 rings (SSSR count). The van der Waals surface area contributed by atoms with Gasteiger partial charge in [0.05, 0.1) is 10.4 Å². The third kappa shape index (κ3) is 0.997. The number of benzene rings is 1. The monoisotopic (exact) mass is 214 g/mol. The molecule has 1 aliphatic rings. The molecule has 1 unspecified atom stereocenters. The number of aromatic hydroxyl groups is 1. The van der Waals surface area contributed by atoms with Gasteiger partial charge < -0.3 is 9.84 Å². The van der Waals surface area contributed by atoms with Crippen molar-refractivity contribution < 1.29 is 9.84 Å². The molecule has 3 heteroatoms. The minimum Gasteiger partial charge on any atom is -0.507 e. The Kier molecular flexibility index (Phi) is 1.53. The van der Waals surface area contributed by atoms with Crippen LogP contribution < -0.4 is 4.74 Å². The molecule has 1 N–H and O–H groups in total.